The summed E-state index contributed by atoms with van der Waals surface area (Å²) in [4.78, 5) is 0. The van der Waals surface area contributed by atoms with E-state index < -0.39 is 0 Å². The van der Waals surface area contributed by atoms with Gasteiger partial charge >= 0.3 is 0 Å². The van der Waals surface area contributed by atoms with Gasteiger partial charge in [0.1, 0.15) is 0 Å². The standard InChI is InChI=1S/C24H37N/c25-24-22(19-12-6-2-7-13-19)16-21(18-10-4-1-5-11-18)17-23(24)20-14-8-3-9-15-20/h16-20H,1-15,25H2. The smallest absolute Gasteiger partial charge is 0.0385 e. The average molecular weight is 340 g/mol. The second-order valence-electron chi connectivity index (χ2n) is 9.12. The molecular formula is C24H37N. The fourth-order valence-corrected chi connectivity index (χ4v) is 5.90. The van der Waals surface area contributed by atoms with Crippen LogP contribution in [0.3, 0.4) is 0 Å². The summed E-state index contributed by atoms with van der Waals surface area (Å²) in [6.07, 6.45) is 21.0. The maximum Gasteiger partial charge on any atom is 0.0385 e. The molecule has 2 N–H and O–H groups in total. The summed E-state index contributed by atoms with van der Waals surface area (Å²) in [6, 6.07) is 5.13. The van der Waals surface area contributed by atoms with Gasteiger partial charge in [0.25, 0.3) is 0 Å². The van der Waals surface area contributed by atoms with Crippen LogP contribution in [0.4, 0.5) is 5.69 Å². The van der Waals surface area contributed by atoms with Crippen LogP contribution >= 0.6 is 0 Å². The molecule has 0 aliphatic heterocycles. The van der Waals surface area contributed by atoms with E-state index in [9.17, 15) is 0 Å². The van der Waals surface area contributed by atoms with Crippen LogP contribution in [0.15, 0.2) is 12.1 Å². The SMILES string of the molecule is Nc1c(C2CCCCC2)cc(C2CCCCC2)cc1C1CCCCC1. The highest BCUT2D eigenvalue weighted by atomic mass is 14.6. The van der Waals surface area contributed by atoms with Gasteiger partial charge in [0.2, 0.25) is 0 Å². The molecule has 0 heterocycles. The molecule has 0 radical (unpaired) electrons. The van der Waals surface area contributed by atoms with Crippen molar-refractivity contribution in [3.8, 4) is 0 Å². The minimum atomic E-state index is 0.736. The predicted octanol–water partition coefficient (Wildman–Crippen LogP) is 7.41. The summed E-state index contributed by atoms with van der Waals surface area (Å²) < 4.78 is 0. The summed E-state index contributed by atoms with van der Waals surface area (Å²) in [7, 11) is 0. The maximum atomic E-state index is 6.84. The number of hydrogen-bond acceptors (Lipinski definition) is 1. The van der Waals surface area contributed by atoms with E-state index in [0.29, 0.717) is 0 Å². The van der Waals surface area contributed by atoms with Gasteiger partial charge in [-0.3, -0.25) is 0 Å². The van der Waals surface area contributed by atoms with Crippen LogP contribution in [-0.2, 0) is 0 Å². The summed E-state index contributed by atoms with van der Waals surface area (Å²) >= 11 is 0. The van der Waals surface area contributed by atoms with E-state index >= 15 is 0 Å². The van der Waals surface area contributed by atoms with Crippen LogP contribution in [0.25, 0.3) is 0 Å². The first-order valence-corrected chi connectivity index (χ1v) is 11.3. The van der Waals surface area contributed by atoms with E-state index in [-0.39, 0.29) is 0 Å². The number of benzene rings is 1. The fourth-order valence-electron chi connectivity index (χ4n) is 5.90. The fraction of sp³-hybridized carbons (Fsp3) is 0.750. The molecular weight excluding hydrogens is 302 g/mol. The Morgan fingerprint density at radius 1 is 0.520 bits per heavy atom. The molecule has 0 unspecified atom stereocenters. The van der Waals surface area contributed by atoms with Crippen molar-refractivity contribution in [1.29, 1.82) is 0 Å². The van der Waals surface area contributed by atoms with Crippen LogP contribution in [0.2, 0.25) is 0 Å². The van der Waals surface area contributed by atoms with Crippen molar-refractivity contribution >= 4 is 5.69 Å². The van der Waals surface area contributed by atoms with Crippen molar-refractivity contribution in [2.45, 2.75) is 114 Å². The van der Waals surface area contributed by atoms with Gasteiger partial charge in [-0.2, -0.15) is 0 Å². The highest BCUT2D eigenvalue weighted by Crippen LogP contribution is 2.45. The van der Waals surface area contributed by atoms with Gasteiger partial charge in [0.05, 0.1) is 0 Å². The number of nitrogens with two attached hydrogens (primary N) is 1. The van der Waals surface area contributed by atoms with Gasteiger partial charge in [0, 0.05) is 5.69 Å². The topological polar surface area (TPSA) is 26.0 Å². The van der Waals surface area contributed by atoms with Gasteiger partial charge in [-0.1, -0.05) is 69.9 Å². The van der Waals surface area contributed by atoms with E-state index in [1.807, 2.05) is 0 Å². The number of nitrogen functional groups attached to an aromatic ring is 1. The van der Waals surface area contributed by atoms with Crippen molar-refractivity contribution in [3.05, 3.63) is 28.8 Å². The van der Waals surface area contributed by atoms with Gasteiger partial charge in [-0.15, -0.1) is 0 Å². The van der Waals surface area contributed by atoms with Crippen molar-refractivity contribution in [2.75, 3.05) is 5.73 Å². The molecule has 0 spiro atoms. The third-order valence-electron chi connectivity index (χ3n) is 7.43. The zero-order valence-corrected chi connectivity index (χ0v) is 16.1. The van der Waals surface area contributed by atoms with E-state index in [0.717, 1.165) is 17.8 Å². The minimum absolute atomic E-state index is 0.736. The van der Waals surface area contributed by atoms with Crippen molar-refractivity contribution in [1.82, 2.24) is 0 Å². The second-order valence-corrected chi connectivity index (χ2v) is 9.12. The first-order chi connectivity index (χ1) is 12.3. The van der Waals surface area contributed by atoms with Crippen molar-refractivity contribution in [2.24, 2.45) is 0 Å². The molecule has 25 heavy (non-hydrogen) atoms. The summed E-state index contributed by atoms with van der Waals surface area (Å²) in [6.45, 7) is 0. The first kappa shape index (κ1) is 17.4. The molecule has 0 aromatic heterocycles. The molecule has 0 amide bonds. The molecule has 3 saturated carbocycles. The summed E-state index contributed by atoms with van der Waals surface area (Å²) in [5.41, 5.74) is 12.8. The molecule has 3 fully saturated rings. The normalized spacial score (nSPS) is 24.5. The molecule has 1 nitrogen and oxygen atoms in total. The lowest BCUT2D eigenvalue weighted by Crippen LogP contribution is -2.15. The lowest BCUT2D eigenvalue weighted by molar-refractivity contribution is 0.428. The molecule has 1 aromatic carbocycles. The zero-order valence-electron chi connectivity index (χ0n) is 16.1. The van der Waals surface area contributed by atoms with Crippen molar-refractivity contribution in [3.63, 3.8) is 0 Å². The Balaban J connectivity index is 1.70. The van der Waals surface area contributed by atoms with Crippen LogP contribution in [0.1, 0.15) is 131 Å². The van der Waals surface area contributed by atoms with Crippen LogP contribution < -0.4 is 5.73 Å². The van der Waals surface area contributed by atoms with E-state index in [1.165, 1.54) is 102 Å². The van der Waals surface area contributed by atoms with Gasteiger partial charge in [-0.25, -0.2) is 0 Å². The quantitative estimate of drug-likeness (QED) is 0.570. The highest BCUT2D eigenvalue weighted by molar-refractivity contribution is 5.59. The molecule has 0 atom stereocenters. The predicted molar refractivity (Wildman–Crippen MR) is 108 cm³/mol. The number of hydrogen-bond donors (Lipinski definition) is 1. The molecule has 0 saturated heterocycles. The van der Waals surface area contributed by atoms with E-state index in [1.54, 1.807) is 16.7 Å². The molecule has 3 aliphatic carbocycles. The van der Waals surface area contributed by atoms with Crippen LogP contribution in [0, 0.1) is 0 Å². The maximum absolute atomic E-state index is 6.84. The Morgan fingerprint density at radius 2 is 0.880 bits per heavy atom. The lowest BCUT2D eigenvalue weighted by Gasteiger charge is -2.31. The van der Waals surface area contributed by atoms with Crippen LogP contribution in [-0.4, -0.2) is 0 Å². The lowest BCUT2D eigenvalue weighted by atomic mass is 9.75. The van der Waals surface area contributed by atoms with E-state index in [4.69, 9.17) is 5.73 Å². The number of anilines is 1. The molecule has 1 aromatic rings. The zero-order chi connectivity index (χ0) is 17.1. The van der Waals surface area contributed by atoms with Gasteiger partial charge in [-0.05, 0) is 73.0 Å². The van der Waals surface area contributed by atoms with Crippen molar-refractivity contribution < 1.29 is 0 Å². The summed E-state index contributed by atoms with van der Waals surface area (Å²) in [5, 5.41) is 0. The summed E-state index contributed by atoms with van der Waals surface area (Å²) in [5.74, 6) is 2.28. The Labute approximate surface area is 154 Å². The molecule has 4 rings (SSSR count). The first-order valence-electron chi connectivity index (χ1n) is 11.3. The largest absolute Gasteiger partial charge is 0.398 e. The third-order valence-corrected chi connectivity index (χ3v) is 7.43. The van der Waals surface area contributed by atoms with E-state index in [2.05, 4.69) is 12.1 Å². The molecule has 0 bridgehead atoms. The minimum Gasteiger partial charge on any atom is -0.398 e. The Kier molecular flexibility index (Phi) is 5.68. The monoisotopic (exact) mass is 339 g/mol. The Morgan fingerprint density at radius 3 is 1.28 bits per heavy atom. The van der Waals surface area contributed by atoms with Gasteiger partial charge in [0.15, 0.2) is 0 Å². The number of rotatable bonds is 3. The second kappa shape index (κ2) is 8.14. The average Bonchev–Trinajstić information content (AvgIpc) is 2.70. The molecule has 1 heteroatoms. The highest BCUT2D eigenvalue weighted by Gasteiger charge is 2.26. The van der Waals surface area contributed by atoms with Gasteiger partial charge < -0.3 is 5.73 Å². The van der Waals surface area contributed by atoms with Crippen LogP contribution in [0.5, 0.6) is 0 Å². The Hall–Kier alpha value is -0.980. The third kappa shape index (κ3) is 3.91. The Bertz CT molecular complexity index is 518. The molecule has 138 valence electrons. The molecule has 3 aliphatic rings.